The molecular weight excluding hydrogens is 377 g/mol. The molecule has 0 aromatic heterocycles. The average molecular weight is 405 g/mol. The summed E-state index contributed by atoms with van der Waals surface area (Å²) in [4.78, 5) is 13.1. The van der Waals surface area contributed by atoms with Gasteiger partial charge in [-0.15, -0.1) is 0 Å². The van der Waals surface area contributed by atoms with Crippen molar-refractivity contribution in [1.29, 1.82) is 0 Å². The van der Waals surface area contributed by atoms with E-state index in [-0.39, 0.29) is 6.04 Å². The maximum atomic E-state index is 11.1. The second-order valence-corrected chi connectivity index (χ2v) is 7.34. The van der Waals surface area contributed by atoms with E-state index < -0.39 is 0 Å². The monoisotopic (exact) mass is 405 g/mol. The van der Waals surface area contributed by atoms with Crippen molar-refractivity contribution in [3.05, 3.63) is 60.0 Å². The molecule has 1 atom stereocenters. The van der Waals surface area contributed by atoms with Crippen molar-refractivity contribution in [2.24, 2.45) is 0 Å². The number of carbonyl (C=O) groups excluding carboxylic acids is 1. The minimum atomic E-state index is -0.00533. The molecule has 1 amide bonds. The zero-order valence-corrected chi connectivity index (χ0v) is 17.6. The van der Waals surface area contributed by atoms with Crippen LogP contribution in [0.4, 0.5) is 11.4 Å². The largest absolute Gasteiger partial charge is 0.497 e. The Morgan fingerprint density at radius 3 is 2.77 bits per heavy atom. The highest BCUT2D eigenvalue weighted by atomic mass is 16.5. The standard InChI is InChI=1S/C23H28BN3O3/c1-16(30-14-17-7-9-19(25-2)10-8-17)27-13-20(26-15-28)6-4-5-18-11-23(29-3)21(24)12-22(18)27/h7-12,15,20,25H,1,4-6,13-14H2,2-3H3,(H,26,28). The molecule has 1 heterocycles. The molecule has 2 radical (unpaired) electrons. The zero-order valence-electron chi connectivity index (χ0n) is 17.6. The van der Waals surface area contributed by atoms with Crippen LogP contribution in [0.1, 0.15) is 24.0 Å². The van der Waals surface area contributed by atoms with Gasteiger partial charge in [-0.05, 0) is 61.2 Å². The molecule has 0 spiro atoms. The second-order valence-electron chi connectivity index (χ2n) is 7.34. The summed E-state index contributed by atoms with van der Waals surface area (Å²) in [5, 5.41) is 6.01. The molecule has 1 unspecified atom stereocenters. The summed E-state index contributed by atoms with van der Waals surface area (Å²) in [6.45, 7) is 5.11. The van der Waals surface area contributed by atoms with Crippen LogP contribution in [0.3, 0.4) is 0 Å². The molecule has 0 fully saturated rings. The Labute approximate surface area is 179 Å². The molecule has 2 aromatic rings. The van der Waals surface area contributed by atoms with Crippen LogP contribution in [0.2, 0.25) is 0 Å². The van der Waals surface area contributed by atoms with E-state index in [1.165, 1.54) is 0 Å². The van der Waals surface area contributed by atoms with Crippen LogP contribution in [-0.4, -0.2) is 41.0 Å². The lowest BCUT2D eigenvalue weighted by Crippen LogP contribution is -2.42. The van der Waals surface area contributed by atoms with E-state index in [4.69, 9.17) is 17.3 Å². The average Bonchev–Trinajstić information content (AvgIpc) is 2.75. The predicted octanol–water partition coefficient (Wildman–Crippen LogP) is 2.48. The van der Waals surface area contributed by atoms with Gasteiger partial charge in [-0.2, -0.15) is 0 Å². The van der Waals surface area contributed by atoms with Crippen molar-refractivity contribution in [2.45, 2.75) is 31.9 Å². The van der Waals surface area contributed by atoms with Gasteiger partial charge in [-0.1, -0.05) is 17.6 Å². The van der Waals surface area contributed by atoms with Gasteiger partial charge in [0.05, 0.1) is 7.11 Å². The van der Waals surface area contributed by atoms with Gasteiger partial charge in [0.2, 0.25) is 6.41 Å². The van der Waals surface area contributed by atoms with Gasteiger partial charge in [0.15, 0.2) is 5.88 Å². The van der Waals surface area contributed by atoms with Crippen LogP contribution < -0.4 is 25.7 Å². The summed E-state index contributed by atoms with van der Waals surface area (Å²) in [5.41, 5.74) is 4.69. The van der Waals surface area contributed by atoms with Crippen molar-refractivity contribution in [3.63, 3.8) is 0 Å². The Bertz CT molecular complexity index is 886. The minimum absolute atomic E-state index is 0.00533. The lowest BCUT2D eigenvalue weighted by molar-refractivity contribution is -0.110. The van der Waals surface area contributed by atoms with Crippen molar-refractivity contribution in [3.8, 4) is 5.75 Å². The number of ether oxygens (including phenoxy) is 2. The first kappa shape index (κ1) is 21.6. The highest BCUT2D eigenvalue weighted by molar-refractivity contribution is 6.34. The summed E-state index contributed by atoms with van der Waals surface area (Å²) < 4.78 is 11.4. The highest BCUT2D eigenvalue weighted by Gasteiger charge is 2.24. The Morgan fingerprint density at radius 2 is 2.10 bits per heavy atom. The van der Waals surface area contributed by atoms with E-state index >= 15 is 0 Å². The highest BCUT2D eigenvalue weighted by Crippen LogP contribution is 2.31. The molecule has 1 aliphatic heterocycles. The van der Waals surface area contributed by atoms with Gasteiger partial charge in [0.25, 0.3) is 0 Å². The molecule has 6 nitrogen and oxygen atoms in total. The Kier molecular flexibility index (Phi) is 7.28. The van der Waals surface area contributed by atoms with Gasteiger partial charge in [-0.25, -0.2) is 0 Å². The molecule has 3 rings (SSSR count). The number of hydrogen-bond donors (Lipinski definition) is 2. The third-order valence-corrected chi connectivity index (χ3v) is 5.38. The van der Waals surface area contributed by atoms with Crippen molar-refractivity contribution < 1.29 is 14.3 Å². The number of hydrogen-bond acceptors (Lipinski definition) is 5. The minimum Gasteiger partial charge on any atom is -0.497 e. The second kappa shape index (κ2) is 10.1. The summed E-state index contributed by atoms with van der Waals surface area (Å²) >= 11 is 0. The Balaban J connectivity index is 1.84. The first-order valence-electron chi connectivity index (χ1n) is 10.1. The SMILES string of the molecule is [B]c1cc2c(cc1OC)CCCC(NC=O)CN2C(=C)OCc1ccc(NC)cc1. The lowest BCUT2D eigenvalue weighted by Gasteiger charge is -2.34. The van der Waals surface area contributed by atoms with Crippen molar-refractivity contribution in [2.75, 3.05) is 30.9 Å². The maximum Gasteiger partial charge on any atom is 0.207 e. The van der Waals surface area contributed by atoms with Crippen LogP contribution in [0.25, 0.3) is 0 Å². The summed E-state index contributed by atoms with van der Waals surface area (Å²) in [5.74, 6) is 1.17. The fourth-order valence-corrected chi connectivity index (χ4v) is 3.68. The van der Waals surface area contributed by atoms with Crippen molar-refractivity contribution in [1.82, 2.24) is 5.32 Å². The molecule has 0 aliphatic carbocycles. The molecule has 1 aliphatic rings. The molecule has 30 heavy (non-hydrogen) atoms. The van der Waals surface area contributed by atoms with Gasteiger partial charge in [0.1, 0.15) is 20.2 Å². The van der Waals surface area contributed by atoms with Crippen LogP contribution in [-0.2, 0) is 22.6 Å². The predicted molar refractivity (Wildman–Crippen MR) is 122 cm³/mol. The molecule has 2 N–H and O–H groups in total. The number of nitrogens with zero attached hydrogens (tertiary/aromatic N) is 1. The number of nitrogens with one attached hydrogen (secondary N) is 2. The number of rotatable bonds is 8. The van der Waals surface area contributed by atoms with Crippen LogP contribution in [0, 0.1) is 0 Å². The first-order chi connectivity index (χ1) is 14.5. The van der Waals surface area contributed by atoms with E-state index in [0.717, 1.165) is 48.2 Å². The molecule has 0 saturated carbocycles. The summed E-state index contributed by atoms with van der Waals surface area (Å²) in [6, 6.07) is 11.9. The van der Waals surface area contributed by atoms with Crippen LogP contribution >= 0.6 is 0 Å². The normalized spacial score (nSPS) is 15.9. The van der Waals surface area contributed by atoms with Gasteiger partial charge < -0.3 is 25.0 Å². The van der Waals surface area contributed by atoms with Crippen LogP contribution in [0.15, 0.2) is 48.9 Å². The number of carbonyl (C=O) groups is 1. The number of methoxy groups -OCH3 is 1. The number of aryl methyl sites for hydroxylation is 1. The number of benzene rings is 2. The fraction of sp³-hybridized carbons (Fsp3) is 0.348. The summed E-state index contributed by atoms with van der Waals surface area (Å²) in [7, 11) is 9.69. The Morgan fingerprint density at radius 1 is 1.33 bits per heavy atom. The smallest absolute Gasteiger partial charge is 0.207 e. The lowest BCUT2D eigenvalue weighted by atomic mass is 9.89. The fourth-order valence-electron chi connectivity index (χ4n) is 3.68. The van der Waals surface area contributed by atoms with Gasteiger partial charge in [0, 0.05) is 31.0 Å². The topological polar surface area (TPSA) is 62.8 Å². The quantitative estimate of drug-likeness (QED) is 0.402. The van der Waals surface area contributed by atoms with Crippen molar-refractivity contribution >= 4 is 31.1 Å². The molecular formula is C23H28BN3O3. The Hall–Kier alpha value is -3.09. The third-order valence-electron chi connectivity index (χ3n) is 5.38. The number of anilines is 2. The molecule has 0 saturated heterocycles. The first-order valence-corrected chi connectivity index (χ1v) is 10.1. The number of amides is 1. The maximum absolute atomic E-state index is 11.1. The van der Waals surface area contributed by atoms with E-state index in [9.17, 15) is 4.79 Å². The van der Waals surface area contributed by atoms with E-state index in [0.29, 0.717) is 30.2 Å². The van der Waals surface area contributed by atoms with Gasteiger partial charge in [-0.3, -0.25) is 4.79 Å². The molecule has 0 bridgehead atoms. The van der Waals surface area contributed by atoms with E-state index in [2.05, 4.69) is 17.2 Å². The van der Waals surface area contributed by atoms with Gasteiger partial charge >= 0.3 is 0 Å². The third kappa shape index (κ3) is 5.09. The number of fused-ring (bicyclic) bond motifs is 1. The molecule has 7 heteroatoms. The van der Waals surface area contributed by atoms with E-state index in [1.54, 1.807) is 7.11 Å². The van der Waals surface area contributed by atoms with E-state index in [1.807, 2.05) is 48.3 Å². The molecule has 2 aromatic carbocycles. The molecule has 156 valence electrons. The summed E-state index contributed by atoms with van der Waals surface area (Å²) in [6.07, 6.45) is 3.41. The zero-order chi connectivity index (χ0) is 21.5. The van der Waals surface area contributed by atoms with Crippen LogP contribution in [0.5, 0.6) is 5.75 Å².